The molecule has 0 radical (unpaired) electrons. The SMILES string of the molecule is CC[NH2+][C@@H]1C[C@H]([NH3+])[C@@H](O[C@H]2OC(C[NH3+])=CC[C@H]2[NH3+])[C@H](O)[C@H]1O[C@@H]1OC[C@](C)(O)[C@H]([NH2+]C)[C@H]1O. The number of rotatable bonds is 8. The Hall–Kier alpha value is -0.900. The van der Waals surface area contributed by atoms with Gasteiger partial charge in [0, 0.05) is 6.42 Å². The lowest BCUT2D eigenvalue weighted by atomic mass is 9.83. The molecule has 1 saturated carbocycles. The van der Waals surface area contributed by atoms with Crippen LogP contribution in [0.2, 0.25) is 0 Å². The van der Waals surface area contributed by atoms with Crippen molar-refractivity contribution in [2.45, 2.75) is 93.5 Å². The van der Waals surface area contributed by atoms with Crippen molar-refractivity contribution in [2.24, 2.45) is 0 Å². The van der Waals surface area contributed by atoms with Gasteiger partial charge in [0.1, 0.15) is 48.6 Å². The van der Waals surface area contributed by atoms with Crippen LogP contribution in [0.25, 0.3) is 0 Å². The maximum Gasteiger partial charge on any atom is 0.252 e. The molecule has 12 heteroatoms. The Bertz CT molecular complexity index is 669. The Labute approximate surface area is 194 Å². The van der Waals surface area contributed by atoms with Crippen molar-refractivity contribution < 1.29 is 62.1 Å². The molecule has 0 amide bonds. The van der Waals surface area contributed by atoms with Crippen LogP contribution in [0, 0.1) is 0 Å². The predicted octanol–water partition coefficient (Wildman–Crippen LogP) is -7.40. The van der Waals surface area contributed by atoms with Crippen molar-refractivity contribution in [1.82, 2.24) is 0 Å². The quantitative estimate of drug-likeness (QED) is 0.168. The van der Waals surface area contributed by atoms with Gasteiger partial charge in [-0.2, -0.15) is 0 Å². The van der Waals surface area contributed by atoms with E-state index in [-0.39, 0.29) is 24.7 Å². The molecule has 0 aromatic carbocycles. The highest BCUT2D eigenvalue weighted by molar-refractivity contribution is 5.01. The van der Waals surface area contributed by atoms with Gasteiger partial charge in [-0.1, -0.05) is 0 Å². The molecule has 0 unspecified atom stereocenters. The molecule has 12 nitrogen and oxygen atoms in total. The molecule has 11 atom stereocenters. The molecule has 0 spiro atoms. The van der Waals surface area contributed by atoms with Gasteiger partial charge in [-0.15, -0.1) is 0 Å². The van der Waals surface area contributed by atoms with Crippen molar-refractivity contribution in [2.75, 3.05) is 26.7 Å². The Morgan fingerprint density at radius 1 is 1.15 bits per heavy atom. The van der Waals surface area contributed by atoms with Crippen LogP contribution in [0.5, 0.6) is 0 Å². The van der Waals surface area contributed by atoms with Gasteiger partial charge >= 0.3 is 0 Å². The molecule has 33 heavy (non-hydrogen) atoms. The molecule has 0 aromatic heterocycles. The van der Waals surface area contributed by atoms with E-state index >= 15 is 0 Å². The normalized spacial score (nSPS) is 46.5. The van der Waals surface area contributed by atoms with Gasteiger partial charge in [-0.05, 0) is 19.9 Å². The first-order valence-electron chi connectivity index (χ1n) is 12.1. The number of nitrogens with two attached hydrogens (primary N) is 2. The smallest absolute Gasteiger partial charge is 0.252 e. The maximum atomic E-state index is 11.4. The molecule has 3 rings (SSSR count). The van der Waals surface area contributed by atoms with Crippen molar-refractivity contribution in [1.29, 1.82) is 0 Å². The monoisotopic (exact) mass is 480 g/mol. The third-order valence-corrected chi connectivity index (χ3v) is 7.07. The fraction of sp³-hybridized carbons (Fsp3) is 0.905. The van der Waals surface area contributed by atoms with Crippen LogP contribution < -0.4 is 27.8 Å². The molecule has 0 bridgehead atoms. The lowest BCUT2D eigenvalue weighted by Crippen LogP contribution is -2.97. The summed E-state index contributed by atoms with van der Waals surface area (Å²) < 4.78 is 24.1. The molecule has 1 saturated heterocycles. The van der Waals surface area contributed by atoms with E-state index in [0.29, 0.717) is 19.4 Å². The minimum atomic E-state index is -1.20. The van der Waals surface area contributed by atoms with Gasteiger partial charge in [0.15, 0.2) is 24.2 Å². The van der Waals surface area contributed by atoms with Gasteiger partial charge in [0.05, 0.1) is 26.6 Å². The fourth-order valence-electron chi connectivity index (χ4n) is 5.20. The highest BCUT2D eigenvalue weighted by Crippen LogP contribution is 2.29. The largest absolute Gasteiger partial charge is 0.457 e. The van der Waals surface area contributed by atoms with Gasteiger partial charge in [-0.25, -0.2) is 0 Å². The number of hydrogen-bond donors (Lipinski definition) is 8. The summed E-state index contributed by atoms with van der Waals surface area (Å²) in [5.74, 6) is 0.753. The van der Waals surface area contributed by atoms with E-state index in [0.717, 1.165) is 12.3 Å². The molecule has 192 valence electrons. The molecular formula is C21H46N5O7+5. The number of hydrogen-bond acceptors (Lipinski definition) is 7. The average molecular weight is 481 g/mol. The molecule has 1 aliphatic carbocycles. The molecule has 0 aromatic rings. The zero-order valence-corrected chi connectivity index (χ0v) is 20.1. The highest BCUT2D eigenvalue weighted by atomic mass is 16.7. The van der Waals surface area contributed by atoms with Crippen LogP contribution >= 0.6 is 0 Å². The number of aliphatic hydroxyl groups excluding tert-OH is 2. The van der Waals surface area contributed by atoms with E-state index in [1.54, 1.807) is 19.3 Å². The van der Waals surface area contributed by atoms with Crippen molar-refractivity contribution in [3.8, 4) is 0 Å². The molecule has 2 aliphatic heterocycles. The minimum Gasteiger partial charge on any atom is -0.457 e. The van der Waals surface area contributed by atoms with Gasteiger partial charge in [0.25, 0.3) is 6.29 Å². The average Bonchev–Trinajstić information content (AvgIpc) is 2.76. The first kappa shape index (κ1) is 26.7. The Balaban J connectivity index is 1.75. The van der Waals surface area contributed by atoms with Gasteiger partial charge in [0.2, 0.25) is 0 Å². The fourth-order valence-corrected chi connectivity index (χ4v) is 5.20. The standard InChI is InChI=1S/C21H41N5O7/c1-4-26-13-7-12(24)16(32-19-11(23)6-5-10(8-22)31-19)14(27)17(13)33-20-15(28)18(25-3)21(2,29)9-30-20/h5,11-20,25-29H,4,6-9,22-24H2,1-3H3/p+5/t11-,12+,13-,14+,15-,16-,17+,18-,19-,20+,21+/m1/s1. The summed E-state index contributed by atoms with van der Waals surface area (Å²) in [6, 6.07) is -0.917. The van der Waals surface area contributed by atoms with Gasteiger partial charge in [-0.3, -0.25) is 0 Å². The minimum absolute atomic E-state index is 0.0197. The highest BCUT2D eigenvalue weighted by Gasteiger charge is 2.54. The maximum absolute atomic E-state index is 11.4. The Morgan fingerprint density at radius 2 is 1.85 bits per heavy atom. The third-order valence-electron chi connectivity index (χ3n) is 7.07. The Morgan fingerprint density at radius 3 is 2.48 bits per heavy atom. The molecule has 3 aliphatic rings. The van der Waals surface area contributed by atoms with Crippen molar-refractivity contribution >= 4 is 0 Å². The second kappa shape index (κ2) is 11.2. The topological polar surface area (TPSA) is 214 Å². The van der Waals surface area contributed by atoms with Gasteiger partial charge < -0.3 is 62.1 Å². The van der Waals surface area contributed by atoms with Crippen LogP contribution in [0.15, 0.2) is 11.8 Å². The summed E-state index contributed by atoms with van der Waals surface area (Å²) >= 11 is 0. The van der Waals surface area contributed by atoms with Crippen LogP contribution in [0.4, 0.5) is 0 Å². The van der Waals surface area contributed by atoms with Crippen LogP contribution in [-0.2, 0) is 18.9 Å². The molecule has 16 N–H and O–H groups in total. The van der Waals surface area contributed by atoms with Crippen LogP contribution in [0.1, 0.15) is 26.7 Å². The predicted molar refractivity (Wildman–Crippen MR) is 113 cm³/mol. The van der Waals surface area contributed by atoms with Crippen molar-refractivity contribution in [3.63, 3.8) is 0 Å². The molecular weight excluding hydrogens is 434 g/mol. The summed E-state index contributed by atoms with van der Waals surface area (Å²) in [4.78, 5) is 0. The summed E-state index contributed by atoms with van der Waals surface area (Å²) in [5, 5.41) is 36.6. The van der Waals surface area contributed by atoms with E-state index in [1.807, 2.05) is 13.0 Å². The molecule has 2 heterocycles. The lowest BCUT2D eigenvalue weighted by molar-refractivity contribution is -0.709. The summed E-state index contributed by atoms with van der Waals surface area (Å²) in [5.41, 5.74) is 11.1. The number of quaternary nitrogens is 5. The number of likely N-dealkylation sites (N-methyl/N-ethyl adjacent to an activating group) is 2. The van der Waals surface area contributed by atoms with Crippen molar-refractivity contribution in [3.05, 3.63) is 11.8 Å². The first-order chi connectivity index (χ1) is 15.6. The van der Waals surface area contributed by atoms with E-state index in [4.69, 9.17) is 18.9 Å². The van der Waals surface area contributed by atoms with E-state index in [9.17, 15) is 15.3 Å². The summed E-state index contributed by atoms with van der Waals surface area (Å²) in [7, 11) is 1.79. The first-order valence-corrected chi connectivity index (χ1v) is 12.1. The lowest BCUT2D eigenvalue weighted by Gasteiger charge is -2.46. The van der Waals surface area contributed by atoms with E-state index < -0.39 is 48.6 Å². The van der Waals surface area contributed by atoms with E-state index in [1.165, 1.54) is 0 Å². The van der Waals surface area contributed by atoms with E-state index in [2.05, 4.69) is 22.5 Å². The zero-order chi connectivity index (χ0) is 24.3. The Kier molecular flexibility index (Phi) is 9.08. The second-order valence-corrected chi connectivity index (χ2v) is 9.78. The molecule has 2 fully saturated rings. The summed E-state index contributed by atoms with van der Waals surface area (Å²) in [6.45, 7) is 5.00. The number of ether oxygens (including phenoxy) is 4. The second-order valence-electron chi connectivity index (χ2n) is 9.78. The zero-order valence-electron chi connectivity index (χ0n) is 20.1. The number of aliphatic hydroxyl groups is 3. The van der Waals surface area contributed by atoms with Crippen LogP contribution in [-0.4, -0.2) is 109 Å². The summed E-state index contributed by atoms with van der Waals surface area (Å²) in [6.07, 6.45) is -1.63. The third kappa shape index (κ3) is 5.85. The van der Waals surface area contributed by atoms with Crippen LogP contribution in [0.3, 0.4) is 0 Å².